The lowest BCUT2D eigenvalue weighted by atomic mass is 10.0. The standard InChI is InChI=1S/C24H47ClO2/c1-24(2,3)27-23(26)21-19-17-15-13-11-9-7-5-4-6-8-10-12-14-16-18-20-22-25/h4-22H2,1-3H3. The van der Waals surface area contributed by atoms with E-state index in [9.17, 15) is 4.79 Å². The van der Waals surface area contributed by atoms with E-state index in [4.69, 9.17) is 16.3 Å². The van der Waals surface area contributed by atoms with Crippen LogP contribution in [0.15, 0.2) is 0 Å². The highest BCUT2D eigenvalue weighted by molar-refractivity contribution is 6.17. The van der Waals surface area contributed by atoms with Crippen LogP contribution in [0.4, 0.5) is 0 Å². The lowest BCUT2D eigenvalue weighted by molar-refractivity contribution is -0.154. The number of rotatable bonds is 19. The van der Waals surface area contributed by atoms with Crippen LogP contribution in [0, 0.1) is 0 Å². The first-order valence-corrected chi connectivity index (χ1v) is 12.3. The summed E-state index contributed by atoms with van der Waals surface area (Å²) in [6, 6.07) is 0. The Labute approximate surface area is 175 Å². The topological polar surface area (TPSA) is 26.3 Å². The highest BCUT2D eigenvalue weighted by Crippen LogP contribution is 2.15. The number of hydrogen-bond acceptors (Lipinski definition) is 2. The van der Waals surface area contributed by atoms with Crippen LogP contribution in [0.25, 0.3) is 0 Å². The zero-order valence-electron chi connectivity index (χ0n) is 18.6. The molecule has 162 valence electrons. The van der Waals surface area contributed by atoms with Gasteiger partial charge in [0.05, 0.1) is 0 Å². The van der Waals surface area contributed by atoms with Gasteiger partial charge in [0.1, 0.15) is 5.60 Å². The van der Waals surface area contributed by atoms with Crippen LogP contribution in [0.1, 0.15) is 136 Å². The second-order valence-corrected chi connectivity index (χ2v) is 9.41. The Balaban J connectivity index is 3.12. The van der Waals surface area contributed by atoms with Gasteiger partial charge in [0.25, 0.3) is 0 Å². The first-order chi connectivity index (χ1) is 13.0. The summed E-state index contributed by atoms with van der Waals surface area (Å²) in [5.74, 6) is 0.780. The van der Waals surface area contributed by atoms with Crippen molar-refractivity contribution in [1.82, 2.24) is 0 Å². The van der Waals surface area contributed by atoms with Crippen LogP contribution < -0.4 is 0 Å². The van der Waals surface area contributed by atoms with Crippen molar-refractivity contribution in [2.75, 3.05) is 5.88 Å². The van der Waals surface area contributed by atoms with E-state index in [1.54, 1.807) is 0 Å². The summed E-state index contributed by atoms with van der Waals surface area (Å²) < 4.78 is 5.33. The second kappa shape index (κ2) is 19.1. The van der Waals surface area contributed by atoms with E-state index in [0.29, 0.717) is 6.42 Å². The highest BCUT2D eigenvalue weighted by atomic mass is 35.5. The maximum Gasteiger partial charge on any atom is 0.306 e. The summed E-state index contributed by atoms with van der Waals surface area (Å²) in [5, 5.41) is 0. The molecule has 0 aliphatic heterocycles. The molecule has 0 aromatic rings. The van der Waals surface area contributed by atoms with Crippen molar-refractivity contribution in [3.05, 3.63) is 0 Å². The first kappa shape index (κ1) is 26.8. The van der Waals surface area contributed by atoms with Gasteiger partial charge in [-0.05, 0) is 33.6 Å². The molecule has 3 heteroatoms. The molecule has 27 heavy (non-hydrogen) atoms. The molecule has 0 bridgehead atoms. The normalized spacial score (nSPS) is 11.7. The summed E-state index contributed by atoms with van der Waals surface area (Å²) in [7, 11) is 0. The lowest BCUT2D eigenvalue weighted by Gasteiger charge is -2.19. The molecule has 0 fully saturated rings. The quantitative estimate of drug-likeness (QED) is 0.123. The van der Waals surface area contributed by atoms with E-state index < -0.39 is 0 Å². The molecule has 2 nitrogen and oxygen atoms in total. The minimum Gasteiger partial charge on any atom is -0.460 e. The van der Waals surface area contributed by atoms with Crippen molar-refractivity contribution in [2.45, 2.75) is 142 Å². The number of carbonyl (C=O) groups excluding carboxylic acids is 1. The molecule has 0 rings (SSSR count). The average molecular weight is 403 g/mol. The summed E-state index contributed by atoms with van der Waals surface area (Å²) >= 11 is 5.69. The van der Waals surface area contributed by atoms with Gasteiger partial charge in [0.15, 0.2) is 0 Å². The van der Waals surface area contributed by atoms with Crippen LogP contribution in [-0.2, 0) is 9.53 Å². The van der Waals surface area contributed by atoms with E-state index >= 15 is 0 Å². The number of alkyl halides is 1. The van der Waals surface area contributed by atoms with Gasteiger partial charge in [-0.3, -0.25) is 4.79 Å². The predicted molar refractivity (Wildman–Crippen MR) is 120 cm³/mol. The molecule has 0 aliphatic carbocycles. The van der Waals surface area contributed by atoms with Gasteiger partial charge in [-0.25, -0.2) is 0 Å². The molecule has 0 aromatic heterocycles. The van der Waals surface area contributed by atoms with Crippen molar-refractivity contribution < 1.29 is 9.53 Å². The van der Waals surface area contributed by atoms with Crippen LogP contribution in [0.2, 0.25) is 0 Å². The molecule has 0 saturated carbocycles. The van der Waals surface area contributed by atoms with Gasteiger partial charge < -0.3 is 4.74 Å². The molecule has 0 amide bonds. The Kier molecular flexibility index (Phi) is 18.9. The summed E-state index contributed by atoms with van der Waals surface area (Å²) in [4.78, 5) is 11.6. The number of halogens is 1. The molecule has 0 heterocycles. The number of hydrogen-bond donors (Lipinski definition) is 0. The van der Waals surface area contributed by atoms with E-state index in [-0.39, 0.29) is 11.6 Å². The molecule has 0 aromatic carbocycles. The maximum atomic E-state index is 11.6. The smallest absolute Gasteiger partial charge is 0.306 e. The summed E-state index contributed by atoms with van der Waals surface area (Å²) in [6.07, 6.45) is 23.2. The SMILES string of the molecule is CC(C)(C)OC(=O)CCCCCCCCCCCCCCCCCCCCl. The molecule has 0 spiro atoms. The predicted octanol–water partition coefficient (Wildman–Crippen LogP) is 8.59. The maximum absolute atomic E-state index is 11.6. The van der Waals surface area contributed by atoms with E-state index in [1.807, 2.05) is 20.8 Å². The number of unbranched alkanes of at least 4 members (excludes halogenated alkanes) is 16. The minimum atomic E-state index is -0.346. The third kappa shape index (κ3) is 23.7. The lowest BCUT2D eigenvalue weighted by Crippen LogP contribution is -2.23. The highest BCUT2D eigenvalue weighted by Gasteiger charge is 2.15. The second-order valence-electron chi connectivity index (χ2n) is 9.04. The first-order valence-electron chi connectivity index (χ1n) is 11.7. The van der Waals surface area contributed by atoms with Crippen LogP contribution >= 0.6 is 11.6 Å². The minimum absolute atomic E-state index is 0.0474. The Morgan fingerprint density at radius 3 is 1.19 bits per heavy atom. The van der Waals surface area contributed by atoms with E-state index in [1.165, 1.54) is 96.3 Å². The Morgan fingerprint density at radius 2 is 0.889 bits per heavy atom. The zero-order valence-corrected chi connectivity index (χ0v) is 19.4. The molecule has 0 N–H and O–H groups in total. The fraction of sp³-hybridized carbons (Fsp3) is 0.958. The Hall–Kier alpha value is -0.240. The molecule has 0 atom stereocenters. The number of carbonyl (C=O) groups is 1. The Morgan fingerprint density at radius 1 is 0.593 bits per heavy atom. The van der Waals surface area contributed by atoms with Crippen molar-refractivity contribution in [2.24, 2.45) is 0 Å². The van der Waals surface area contributed by atoms with Gasteiger partial charge in [0, 0.05) is 12.3 Å². The van der Waals surface area contributed by atoms with Gasteiger partial charge in [-0.1, -0.05) is 96.3 Å². The van der Waals surface area contributed by atoms with E-state index in [0.717, 1.165) is 18.7 Å². The Bertz CT molecular complexity index is 323. The fourth-order valence-electron chi connectivity index (χ4n) is 3.41. The molecule has 0 unspecified atom stereocenters. The van der Waals surface area contributed by atoms with Gasteiger partial charge in [-0.15, -0.1) is 11.6 Å². The van der Waals surface area contributed by atoms with Gasteiger partial charge >= 0.3 is 5.97 Å². The molecule has 0 saturated heterocycles. The van der Waals surface area contributed by atoms with Crippen molar-refractivity contribution in [3.63, 3.8) is 0 Å². The number of esters is 1. The zero-order chi connectivity index (χ0) is 20.2. The number of ether oxygens (including phenoxy) is 1. The van der Waals surface area contributed by atoms with Crippen molar-refractivity contribution in [3.8, 4) is 0 Å². The van der Waals surface area contributed by atoms with Crippen LogP contribution in [0.3, 0.4) is 0 Å². The largest absolute Gasteiger partial charge is 0.460 e. The van der Waals surface area contributed by atoms with Crippen LogP contribution in [0.5, 0.6) is 0 Å². The van der Waals surface area contributed by atoms with Crippen molar-refractivity contribution >= 4 is 17.6 Å². The van der Waals surface area contributed by atoms with Gasteiger partial charge in [-0.2, -0.15) is 0 Å². The molecular weight excluding hydrogens is 356 g/mol. The fourth-order valence-corrected chi connectivity index (χ4v) is 3.60. The van der Waals surface area contributed by atoms with Crippen LogP contribution in [-0.4, -0.2) is 17.5 Å². The van der Waals surface area contributed by atoms with Crippen molar-refractivity contribution in [1.29, 1.82) is 0 Å². The summed E-state index contributed by atoms with van der Waals surface area (Å²) in [5.41, 5.74) is -0.346. The van der Waals surface area contributed by atoms with Gasteiger partial charge in [0.2, 0.25) is 0 Å². The molecule has 0 aliphatic rings. The third-order valence-electron chi connectivity index (χ3n) is 4.93. The molecular formula is C24H47ClO2. The molecule has 0 radical (unpaired) electrons. The summed E-state index contributed by atoms with van der Waals surface area (Å²) in [6.45, 7) is 5.78. The third-order valence-corrected chi connectivity index (χ3v) is 5.20. The van der Waals surface area contributed by atoms with E-state index in [2.05, 4.69) is 0 Å². The monoisotopic (exact) mass is 402 g/mol. The average Bonchev–Trinajstić information content (AvgIpc) is 2.59.